The van der Waals surface area contributed by atoms with Gasteiger partial charge in [0.15, 0.2) is 0 Å². The van der Waals surface area contributed by atoms with Gasteiger partial charge in [0.25, 0.3) is 0 Å². The van der Waals surface area contributed by atoms with Crippen LogP contribution in [-0.2, 0) is 6.54 Å². The molecule has 0 unspecified atom stereocenters. The fourth-order valence-corrected chi connectivity index (χ4v) is 1.72. The monoisotopic (exact) mass is 232 g/mol. The van der Waals surface area contributed by atoms with Crippen LogP contribution in [0.4, 0.5) is 5.69 Å². The highest BCUT2D eigenvalue weighted by Gasteiger charge is 2.01. The van der Waals surface area contributed by atoms with E-state index in [-0.39, 0.29) is 0 Å². The molecule has 0 aliphatic rings. The maximum atomic E-state index is 5.88. The molecule has 0 aromatic heterocycles. The molecule has 0 fully saturated rings. The van der Waals surface area contributed by atoms with Crippen LogP contribution in [0.3, 0.4) is 0 Å². The van der Waals surface area contributed by atoms with Gasteiger partial charge in [0.05, 0.1) is 10.7 Å². The fraction of sp³-hybridized carbons (Fsp3) is 0.0769. The van der Waals surface area contributed by atoms with E-state index >= 15 is 0 Å². The second-order valence-corrected chi connectivity index (χ2v) is 4.05. The largest absolute Gasteiger partial charge is 0.398 e. The minimum atomic E-state index is 0.539. The summed E-state index contributed by atoms with van der Waals surface area (Å²) in [4.78, 5) is 0. The van der Waals surface area contributed by atoms with E-state index in [1.165, 1.54) is 0 Å². The molecule has 4 N–H and O–H groups in total. The number of anilines is 1. The molecule has 82 valence electrons. The Morgan fingerprint density at radius 3 is 2.44 bits per heavy atom. The predicted molar refractivity (Wildman–Crippen MR) is 69.2 cm³/mol. The highest BCUT2D eigenvalue weighted by atomic mass is 35.5. The molecule has 0 bridgehead atoms. The highest BCUT2D eigenvalue weighted by Crippen LogP contribution is 2.27. The van der Waals surface area contributed by atoms with Crippen molar-refractivity contribution in [3.05, 3.63) is 53.1 Å². The molecule has 0 heterocycles. The lowest BCUT2D eigenvalue weighted by atomic mass is 10.0. The summed E-state index contributed by atoms with van der Waals surface area (Å²) in [5.41, 5.74) is 15.2. The number of halogens is 1. The van der Waals surface area contributed by atoms with Gasteiger partial charge in [-0.25, -0.2) is 0 Å². The summed E-state index contributed by atoms with van der Waals surface area (Å²) in [6, 6.07) is 13.7. The number of hydrogen-bond donors (Lipinski definition) is 2. The molecule has 0 aliphatic heterocycles. The summed E-state index contributed by atoms with van der Waals surface area (Å²) >= 11 is 5.88. The molecule has 0 radical (unpaired) electrons. The van der Waals surface area contributed by atoms with Gasteiger partial charge in [0, 0.05) is 6.54 Å². The van der Waals surface area contributed by atoms with Crippen molar-refractivity contribution in [2.24, 2.45) is 5.73 Å². The lowest BCUT2D eigenvalue weighted by Crippen LogP contribution is -1.96. The van der Waals surface area contributed by atoms with Gasteiger partial charge in [-0.15, -0.1) is 0 Å². The summed E-state index contributed by atoms with van der Waals surface area (Å²) in [6.07, 6.45) is 0. The molecular formula is C13H13ClN2. The molecule has 2 nitrogen and oxygen atoms in total. The molecule has 3 heteroatoms. The zero-order chi connectivity index (χ0) is 11.5. The van der Waals surface area contributed by atoms with Gasteiger partial charge in [0.1, 0.15) is 0 Å². The van der Waals surface area contributed by atoms with Crippen LogP contribution in [0.5, 0.6) is 0 Å². The number of benzene rings is 2. The average Bonchev–Trinajstić information content (AvgIpc) is 2.33. The van der Waals surface area contributed by atoms with E-state index in [2.05, 4.69) is 6.07 Å². The quantitative estimate of drug-likeness (QED) is 0.782. The maximum absolute atomic E-state index is 5.88. The third kappa shape index (κ3) is 2.18. The first-order chi connectivity index (χ1) is 7.70. The molecule has 0 amide bonds. The Bertz CT molecular complexity index is 509. The average molecular weight is 233 g/mol. The predicted octanol–water partition coefficient (Wildman–Crippen LogP) is 3.05. The van der Waals surface area contributed by atoms with E-state index in [0.717, 1.165) is 16.7 Å². The molecule has 0 saturated carbocycles. The Labute approximate surface area is 99.8 Å². The van der Waals surface area contributed by atoms with Crippen LogP contribution >= 0.6 is 11.6 Å². The maximum Gasteiger partial charge on any atom is 0.0635 e. The summed E-state index contributed by atoms with van der Waals surface area (Å²) in [5.74, 6) is 0. The van der Waals surface area contributed by atoms with Gasteiger partial charge in [-0.05, 0) is 34.9 Å². The van der Waals surface area contributed by atoms with Crippen LogP contribution in [-0.4, -0.2) is 0 Å². The van der Waals surface area contributed by atoms with E-state index < -0.39 is 0 Å². The van der Waals surface area contributed by atoms with Crippen LogP contribution in [0.2, 0.25) is 5.02 Å². The minimum absolute atomic E-state index is 0.539. The smallest absolute Gasteiger partial charge is 0.0635 e. The second-order valence-electron chi connectivity index (χ2n) is 3.64. The van der Waals surface area contributed by atoms with Crippen molar-refractivity contribution in [1.29, 1.82) is 0 Å². The fourth-order valence-electron chi connectivity index (χ4n) is 1.60. The first-order valence-electron chi connectivity index (χ1n) is 5.05. The molecule has 16 heavy (non-hydrogen) atoms. The molecule has 0 aliphatic carbocycles. The van der Waals surface area contributed by atoms with Crippen molar-refractivity contribution in [3.8, 4) is 11.1 Å². The van der Waals surface area contributed by atoms with Gasteiger partial charge in [-0.2, -0.15) is 0 Å². The van der Waals surface area contributed by atoms with Crippen molar-refractivity contribution >= 4 is 17.3 Å². The molecule has 2 aromatic rings. The van der Waals surface area contributed by atoms with Gasteiger partial charge in [-0.3, -0.25) is 0 Å². The SMILES string of the molecule is NCc1cccc(-c2ccc(Cl)c(N)c2)c1. The summed E-state index contributed by atoms with van der Waals surface area (Å²) in [7, 11) is 0. The Kier molecular flexibility index (Phi) is 3.13. The van der Waals surface area contributed by atoms with Gasteiger partial charge >= 0.3 is 0 Å². The molecule has 0 spiro atoms. The molecule has 0 atom stereocenters. The third-order valence-corrected chi connectivity index (χ3v) is 2.84. The Balaban J connectivity index is 2.46. The zero-order valence-electron chi connectivity index (χ0n) is 8.78. The normalized spacial score (nSPS) is 10.4. The van der Waals surface area contributed by atoms with E-state index in [0.29, 0.717) is 17.3 Å². The van der Waals surface area contributed by atoms with Gasteiger partial charge in [0.2, 0.25) is 0 Å². The van der Waals surface area contributed by atoms with Crippen LogP contribution < -0.4 is 11.5 Å². The van der Waals surface area contributed by atoms with Crippen LogP contribution in [0.25, 0.3) is 11.1 Å². The van der Waals surface area contributed by atoms with Crippen LogP contribution in [0.1, 0.15) is 5.56 Å². The van der Waals surface area contributed by atoms with E-state index in [1.807, 2.05) is 30.3 Å². The number of nitrogens with two attached hydrogens (primary N) is 2. The van der Waals surface area contributed by atoms with Crippen molar-refractivity contribution < 1.29 is 0 Å². The van der Waals surface area contributed by atoms with E-state index in [4.69, 9.17) is 23.1 Å². The molecule has 2 rings (SSSR count). The van der Waals surface area contributed by atoms with Gasteiger partial charge in [-0.1, -0.05) is 35.9 Å². The number of rotatable bonds is 2. The van der Waals surface area contributed by atoms with Crippen molar-refractivity contribution in [1.82, 2.24) is 0 Å². The topological polar surface area (TPSA) is 52.0 Å². The summed E-state index contributed by atoms with van der Waals surface area (Å²) in [6.45, 7) is 0.539. The van der Waals surface area contributed by atoms with Crippen molar-refractivity contribution in [3.63, 3.8) is 0 Å². The lowest BCUT2D eigenvalue weighted by molar-refractivity contribution is 1.07. The highest BCUT2D eigenvalue weighted by molar-refractivity contribution is 6.33. The van der Waals surface area contributed by atoms with Gasteiger partial charge < -0.3 is 11.5 Å². The standard InChI is InChI=1S/C13H13ClN2/c14-12-5-4-11(7-13(12)16)10-3-1-2-9(6-10)8-15/h1-7H,8,15-16H2. The third-order valence-electron chi connectivity index (χ3n) is 2.49. The molecule has 2 aromatic carbocycles. The first-order valence-corrected chi connectivity index (χ1v) is 5.43. The van der Waals surface area contributed by atoms with E-state index in [1.54, 1.807) is 6.07 Å². The van der Waals surface area contributed by atoms with Crippen LogP contribution in [0, 0.1) is 0 Å². The second kappa shape index (κ2) is 4.56. The number of hydrogen-bond acceptors (Lipinski definition) is 2. The number of nitrogen functional groups attached to an aromatic ring is 1. The Morgan fingerprint density at radius 1 is 1.00 bits per heavy atom. The first kappa shape index (κ1) is 11.0. The molecular weight excluding hydrogens is 220 g/mol. The van der Waals surface area contributed by atoms with E-state index in [9.17, 15) is 0 Å². The molecule has 0 saturated heterocycles. The van der Waals surface area contributed by atoms with Crippen LogP contribution in [0.15, 0.2) is 42.5 Å². The summed E-state index contributed by atoms with van der Waals surface area (Å²) < 4.78 is 0. The lowest BCUT2D eigenvalue weighted by Gasteiger charge is -2.06. The Morgan fingerprint density at radius 2 is 1.75 bits per heavy atom. The Hall–Kier alpha value is -1.51. The minimum Gasteiger partial charge on any atom is -0.398 e. The van der Waals surface area contributed by atoms with Crippen molar-refractivity contribution in [2.75, 3.05) is 5.73 Å². The zero-order valence-corrected chi connectivity index (χ0v) is 9.54. The van der Waals surface area contributed by atoms with Crippen molar-refractivity contribution in [2.45, 2.75) is 6.54 Å². The summed E-state index contributed by atoms with van der Waals surface area (Å²) in [5, 5.41) is 0.582.